The summed E-state index contributed by atoms with van der Waals surface area (Å²) in [5.41, 5.74) is 1.89. The van der Waals surface area contributed by atoms with E-state index < -0.39 is 0 Å². The third-order valence-corrected chi connectivity index (χ3v) is 4.27. The van der Waals surface area contributed by atoms with Gasteiger partial charge < -0.3 is 10.4 Å². The van der Waals surface area contributed by atoms with Gasteiger partial charge in [0.25, 0.3) is 5.91 Å². The fraction of sp³-hybridized carbons (Fsp3) is 0.650. The summed E-state index contributed by atoms with van der Waals surface area (Å²) in [5, 5.41) is 11.1. The number of carbonyl (C=O) groups excluding carboxylic acids is 1. The second-order valence-corrected chi connectivity index (χ2v) is 6.29. The molecule has 1 aromatic carbocycles. The van der Waals surface area contributed by atoms with Crippen molar-refractivity contribution in [2.24, 2.45) is 0 Å². The van der Waals surface area contributed by atoms with E-state index in [1.165, 1.54) is 69.8 Å². The first kappa shape index (κ1) is 19.7. The number of nitrogens with one attached hydrogen (secondary N) is 1. The molecule has 0 aliphatic heterocycles. The smallest absolute Gasteiger partial charge is 0.253 e. The topological polar surface area (TPSA) is 49.3 Å². The number of aliphatic hydroxyl groups excluding tert-OH is 1. The van der Waals surface area contributed by atoms with E-state index in [1.54, 1.807) is 0 Å². The van der Waals surface area contributed by atoms with E-state index in [4.69, 9.17) is 5.11 Å². The number of carbonyl (C=O) groups is 1. The molecule has 0 aliphatic carbocycles. The molecule has 1 aromatic rings. The first-order valence-electron chi connectivity index (χ1n) is 9.26. The Balaban J connectivity index is 2.04. The van der Waals surface area contributed by atoms with E-state index >= 15 is 0 Å². The fourth-order valence-corrected chi connectivity index (χ4v) is 2.81. The van der Waals surface area contributed by atoms with Crippen molar-refractivity contribution >= 4 is 5.91 Å². The average Bonchev–Trinajstić information content (AvgIpc) is 2.57. The molecule has 130 valence electrons. The van der Waals surface area contributed by atoms with Gasteiger partial charge in [-0.3, -0.25) is 4.79 Å². The fourth-order valence-electron chi connectivity index (χ4n) is 2.81. The van der Waals surface area contributed by atoms with Gasteiger partial charge in [0.1, 0.15) is 6.73 Å². The van der Waals surface area contributed by atoms with Gasteiger partial charge in [-0.1, -0.05) is 76.8 Å². The molecule has 0 atom stereocenters. The predicted molar refractivity (Wildman–Crippen MR) is 96.5 cm³/mol. The molecule has 0 spiro atoms. The number of unbranched alkanes of at least 4 members (excludes halogenated alkanes) is 9. The molecule has 0 saturated heterocycles. The van der Waals surface area contributed by atoms with Crippen LogP contribution in [0.25, 0.3) is 0 Å². The first-order chi connectivity index (χ1) is 11.3. The molecule has 0 unspecified atom stereocenters. The van der Waals surface area contributed by atoms with Gasteiger partial charge in [-0.05, 0) is 30.5 Å². The third-order valence-electron chi connectivity index (χ3n) is 4.27. The SMILES string of the molecule is CCCCCCCCCCCCc1ccc(C(=O)NCO)cc1. The van der Waals surface area contributed by atoms with Crippen LogP contribution >= 0.6 is 0 Å². The highest BCUT2D eigenvalue weighted by Crippen LogP contribution is 2.13. The van der Waals surface area contributed by atoms with Gasteiger partial charge in [-0.2, -0.15) is 0 Å². The number of aryl methyl sites for hydroxylation is 1. The van der Waals surface area contributed by atoms with Gasteiger partial charge in [-0.25, -0.2) is 0 Å². The zero-order valence-electron chi connectivity index (χ0n) is 14.7. The Bertz CT molecular complexity index is 414. The lowest BCUT2D eigenvalue weighted by molar-refractivity contribution is 0.0910. The van der Waals surface area contributed by atoms with Gasteiger partial charge in [0, 0.05) is 5.56 Å². The number of benzene rings is 1. The molecule has 1 rings (SSSR count). The van der Waals surface area contributed by atoms with E-state index in [0.29, 0.717) is 5.56 Å². The minimum absolute atomic E-state index is 0.224. The van der Waals surface area contributed by atoms with Crippen molar-refractivity contribution in [3.63, 3.8) is 0 Å². The van der Waals surface area contributed by atoms with Crippen molar-refractivity contribution in [1.82, 2.24) is 5.32 Å². The van der Waals surface area contributed by atoms with Crippen LogP contribution in [0.15, 0.2) is 24.3 Å². The zero-order valence-corrected chi connectivity index (χ0v) is 14.7. The number of rotatable bonds is 13. The van der Waals surface area contributed by atoms with Crippen molar-refractivity contribution in [3.8, 4) is 0 Å². The maximum Gasteiger partial charge on any atom is 0.253 e. The second-order valence-electron chi connectivity index (χ2n) is 6.29. The second kappa shape index (κ2) is 13.1. The predicted octanol–water partition coefficient (Wildman–Crippen LogP) is 4.83. The van der Waals surface area contributed by atoms with Gasteiger partial charge in [-0.15, -0.1) is 0 Å². The summed E-state index contributed by atoms with van der Waals surface area (Å²) in [4.78, 5) is 11.5. The molecule has 0 aliphatic rings. The molecule has 0 saturated carbocycles. The normalized spacial score (nSPS) is 10.7. The standard InChI is InChI=1S/C20H33NO2/c1-2-3-4-5-6-7-8-9-10-11-12-18-13-15-19(16-14-18)20(23)21-17-22/h13-16,22H,2-12,17H2,1H3,(H,21,23). The van der Waals surface area contributed by atoms with Crippen molar-refractivity contribution in [2.75, 3.05) is 6.73 Å². The molecule has 0 heterocycles. The summed E-state index contributed by atoms with van der Waals surface area (Å²) in [7, 11) is 0. The van der Waals surface area contributed by atoms with E-state index in [0.717, 1.165) is 6.42 Å². The van der Waals surface area contributed by atoms with Crippen molar-refractivity contribution in [2.45, 2.75) is 77.6 Å². The quantitative estimate of drug-likeness (QED) is 0.404. The largest absolute Gasteiger partial charge is 0.376 e. The Morgan fingerprint density at radius 2 is 1.39 bits per heavy atom. The third kappa shape index (κ3) is 9.39. The summed E-state index contributed by atoms with van der Waals surface area (Å²) >= 11 is 0. The molecular formula is C20H33NO2. The van der Waals surface area contributed by atoms with Crippen LogP contribution in [0.4, 0.5) is 0 Å². The molecule has 3 heteroatoms. The lowest BCUT2D eigenvalue weighted by atomic mass is 10.0. The zero-order chi connectivity index (χ0) is 16.8. The average molecular weight is 319 g/mol. The Morgan fingerprint density at radius 3 is 1.91 bits per heavy atom. The lowest BCUT2D eigenvalue weighted by Gasteiger charge is -2.05. The highest BCUT2D eigenvalue weighted by molar-refractivity contribution is 5.94. The monoisotopic (exact) mass is 319 g/mol. The molecule has 1 amide bonds. The van der Waals surface area contributed by atoms with E-state index in [-0.39, 0.29) is 12.6 Å². The molecule has 0 fully saturated rings. The highest BCUT2D eigenvalue weighted by Gasteiger charge is 2.03. The summed E-state index contributed by atoms with van der Waals surface area (Å²) in [6.45, 7) is 1.94. The summed E-state index contributed by atoms with van der Waals surface area (Å²) in [6, 6.07) is 7.69. The van der Waals surface area contributed by atoms with E-state index in [2.05, 4.69) is 12.2 Å². The van der Waals surface area contributed by atoms with Crippen LogP contribution < -0.4 is 5.32 Å². The van der Waals surface area contributed by atoms with Crippen LogP contribution in [0.5, 0.6) is 0 Å². The Kier molecular flexibility index (Phi) is 11.2. The number of amides is 1. The lowest BCUT2D eigenvalue weighted by Crippen LogP contribution is -2.23. The molecule has 0 radical (unpaired) electrons. The van der Waals surface area contributed by atoms with Crippen LogP contribution in [0.3, 0.4) is 0 Å². The molecule has 3 nitrogen and oxygen atoms in total. The number of aliphatic hydroxyl groups is 1. The first-order valence-corrected chi connectivity index (χ1v) is 9.26. The van der Waals surface area contributed by atoms with E-state index in [9.17, 15) is 4.79 Å². The number of hydrogen-bond acceptors (Lipinski definition) is 2. The molecule has 23 heavy (non-hydrogen) atoms. The van der Waals surface area contributed by atoms with Gasteiger partial charge in [0.05, 0.1) is 0 Å². The maximum atomic E-state index is 11.5. The van der Waals surface area contributed by atoms with Crippen molar-refractivity contribution < 1.29 is 9.90 Å². The van der Waals surface area contributed by atoms with Gasteiger partial charge in [0.2, 0.25) is 0 Å². The van der Waals surface area contributed by atoms with Gasteiger partial charge >= 0.3 is 0 Å². The van der Waals surface area contributed by atoms with E-state index in [1.807, 2.05) is 24.3 Å². The molecular weight excluding hydrogens is 286 g/mol. The molecule has 0 aromatic heterocycles. The Labute approximate surface area is 141 Å². The minimum Gasteiger partial charge on any atom is -0.376 e. The van der Waals surface area contributed by atoms with Gasteiger partial charge in [0.15, 0.2) is 0 Å². The van der Waals surface area contributed by atoms with Crippen LogP contribution in [0.1, 0.15) is 87.1 Å². The summed E-state index contributed by atoms with van der Waals surface area (Å²) < 4.78 is 0. The van der Waals surface area contributed by atoms with Crippen LogP contribution in [-0.2, 0) is 6.42 Å². The van der Waals surface area contributed by atoms with Crippen LogP contribution in [-0.4, -0.2) is 17.7 Å². The summed E-state index contributed by atoms with van der Waals surface area (Å²) in [6.07, 6.45) is 14.6. The maximum absolute atomic E-state index is 11.5. The van der Waals surface area contributed by atoms with Crippen molar-refractivity contribution in [1.29, 1.82) is 0 Å². The molecule has 2 N–H and O–H groups in total. The van der Waals surface area contributed by atoms with Crippen LogP contribution in [0.2, 0.25) is 0 Å². The number of hydrogen-bond donors (Lipinski definition) is 2. The molecule has 0 bridgehead atoms. The Morgan fingerprint density at radius 1 is 0.870 bits per heavy atom. The van der Waals surface area contributed by atoms with Crippen molar-refractivity contribution in [3.05, 3.63) is 35.4 Å². The van der Waals surface area contributed by atoms with Crippen LogP contribution in [0, 0.1) is 0 Å². The highest BCUT2D eigenvalue weighted by atomic mass is 16.3. The minimum atomic E-state index is -0.320. The Hall–Kier alpha value is -1.35. The summed E-state index contributed by atoms with van der Waals surface area (Å²) in [5.74, 6) is -0.224.